The Morgan fingerprint density at radius 2 is 2.00 bits per heavy atom. The van der Waals surface area contributed by atoms with Crippen LogP contribution in [0.25, 0.3) is 0 Å². The van der Waals surface area contributed by atoms with E-state index in [1.54, 1.807) is 13.3 Å². The Morgan fingerprint density at radius 3 is 2.72 bits per heavy atom. The van der Waals surface area contributed by atoms with E-state index in [4.69, 9.17) is 4.74 Å². The lowest BCUT2D eigenvalue weighted by Gasteiger charge is -2.24. The molecule has 1 unspecified atom stereocenters. The lowest BCUT2D eigenvalue weighted by atomic mass is 9.88. The minimum Gasteiger partial charge on any atom is -0.497 e. The van der Waals surface area contributed by atoms with Gasteiger partial charge in [-0.1, -0.05) is 18.2 Å². The molecule has 1 heterocycles. The van der Waals surface area contributed by atoms with Crippen LogP contribution in [-0.4, -0.2) is 17.2 Å². The van der Waals surface area contributed by atoms with Crippen molar-refractivity contribution in [2.75, 3.05) is 7.11 Å². The van der Waals surface area contributed by atoms with Crippen LogP contribution in [0.1, 0.15) is 23.2 Å². The highest BCUT2D eigenvalue weighted by Gasteiger charge is 2.38. The van der Waals surface area contributed by atoms with Crippen molar-refractivity contribution in [1.29, 1.82) is 0 Å². The number of rotatable bonds is 2. The molecule has 1 atom stereocenters. The number of benzene rings is 1. The van der Waals surface area contributed by atoms with Crippen LogP contribution in [0.5, 0.6) is 5.75 Å². The molecule has 0 saturated carbocycles. The summed E-state index contributed by atoms with van der Waals surface area (Å²) in [5.74, 6) is 0.798. The molecule has 3 rings (SSSR count). The Hall–Kier alpha value is -1.87. The molecule has 2 aromatic rings. The number of aromatic nitrogens is 1. The minimum absolute atomic E-state index is 0.686. The van der Waals surface area contributed by atoms with Crippen molar-refractivity contribution in [2.45, 2.75) is 18.4 Å². The molecule has 1 aliphatic carbocycles. The molecule has 0 radical (unpaired) electrons. The van der Waals surface area contributed by atoms with E-state index in [-0.39, 0.29) is 0 Å². The van der Waals surface area contributed by atoms with Crippen molar-refractivity contribution >= 4 is 0 Å². The van der Waals surface area contributed by atoms with Gasteiger partial charge in [0, 0.05) is 17.5 Å². The number of hydrogen-bond donors (Lipinski definition) is 1. The Kier molecular flexibility index (Phi) is 2.56. The zero-order valence-electron chi connectivity index (χ0n) is 10.3. The summed E-state index contributed by atoms with van der Waals surface area (Å²) in [5, 5.41) is 10.9. The molecule has 3 heteroatoms. The van der Waals surface area contributed by atoms with Crippen LogP contribution in [0.15, 0.2) is 42.6 Å². The van der Waals surface area contributed by atoms with Gasteiger partial charge in [-0.2, -0.15) is 0 Å². The van der Waals surface area contributed by atoms with E-state index < -0.39 is 5.60 Å². The average Bonchev–Trinajstić information content (AvgIpc) is 2.78. The summed E-state index contributed by atoms with van der Waals surface area (Å²) in [5.41, 5.74) is 1.91. The first-order valence-corrected chi connectivity index (χ1v) is 6.05. The number of methoxy groups -OCH3 is 1. The average molecular weight is 241 g/mol. The van der Waals surface area contributed by atoms with E-state index >= 15 is 0 Å². The second-order valence-corrected chi connectivity index (χ2v) is 4.59. The highest BCUT2D eigenvalue weighted by atomic mass is 16.5. The van der Waals surface area contributed by atoms with E-state index in [1.807, 2.05) is 36.4 Å². The predicted octanol–water partition coefficient (Wildman–Crippen LogP) is 2.27. The van der Waals surface area contributed by atoms with E-state index in [0.717, 1.165) is 29.0 Å². The second-order valence-electron chi connectivity index (χ2n) is 4.59. The fourth-order valence-corrected chi connectivity index (χ4v) is 2.61. The van der Waals surface area contributed by atoms with Gasteiger partial charge in [0.25, 0.3) is 0 Å². The zero-order valence-corrected chi connectivity index (χ0v) is 10.3. The lowest BCUT2D eigenvalue weighted by molar-refractivity contribution is 0.0829. The molecule has 1 N–H and O–H groups in total. The van der Waals surface area contributed by atoms with Crippen molar-refractivity contribution < 1.29 is 9.84 Å². The molecule has 0 saturated heterocycles. The predicted molar refractivity (Wildman–Crippen MR) is 68.6 cm³/mol. The van der Waals surface area contributed by atoms with Crippen molar-refractivity contribution in [2.24, 2.45) is 0 Å². The summed E-state index contributed by atoms with van der Waals surface area (Å²) >= 11 is 0. The molecule has 3 nitrogen and oxygen atoms in total. The highest BCUT2D eigenvalue weighted by molar-refractivity contribution is 5.43. The van der Waals surface area contributed by atoms with Gasteiger partial charge in [0.05, 0.1) is 7.11 Å². The third kappa shape index (κ3) is 1.59. The molecule has 0 spiro atoms. The molecule has 18 heavy (non-hydrogen) atoms. The van der Waals surface area contributed by atoms with Gasteiger partial charge >= 0.3 is 0 Å². The summed E-state index contributed by atoms with van der Waals surface area (Å²) in [6.45, 7) is 0. The molecule has 0 amide bonds. The minimum atomic E-state index is -0.907. The fraction of sp³-hybridized carbons (Fsp3) is 0.267. The maximum absolute atomic E-state index is 10.9. The van der Waals surface area contributed by atoms with Crippen LogP contribution < -0.4 is 4.74 Å². The molecular formula is C15H15NO2. The Bertz CT molecular complexity index is 565. The van der Waals surface area contributed by atoms with Gasteiger partial charge < -0.3 is 9.84 Å². The van der Waals surface area contributed by atoms with E-state index in [9.17, 15) is 5.11 Å². The molecular weight excluding hydrogens is 226 g/mol. The van der Waals surface area contributed by atoms with Gasteiger partial charge in [-0.05, 0) is 36.6 Å². The third-order valence-corrected chi connectivity index (χ3v) is 3.63. The van der Waals surface area contributed by atoms with Gasteiger partial charge in [0.15, 0.2) is 0 Å². The Morgan fingerprint density at radius 1 is 1.22 bits per heavy atom. The standard InChI is InChI=1S/C15H15NO2/c1-18-12-6-4-11(5-7-12)15(17)9-8-14-13(15)3-2-10-16-14/h2-7,10,17H,8-9H2,1H3. The molecule has 0 fully saturated rings. The summed E-state index contributed by atoms with van der Waals surface area (Å²) in [6.07, 6.45) is 3.28. The van der Waals surface area contributed by atoms with Gasteiger partial charge in [0.1, 0.15) is 11.4 Å². The van der Waals surface area contributed by atoms with Gasteiger partial charge in [-0.15, -0.1) is 0 Å². The van der Waals surface area contributed by atoms with E-state index in [1.165, 1.54) is 0 Å². The fourth-order valence-electron chi connectivity index (χ4n) is 2.61. The second kappa shape index (κ2) is 4.10. The summed E-state index contributed by atoms with van der Waals surface area (Å²) < 4.78 is 5.14. The highest BCUT2D eigenvalue weighted by Crippen LogP contribution is 2.41. The summed E-state index contributed by atoms with van der Waals surface area (Å²) in [4.78, 5) is 4.33. The third-order valence-electron chi connectivity index (χ3n) is 3.63. The smallest absolute Gasteiger partial charge is 0.118 e. The quantitative estimate of drug-likeness (QED) is 0.877. The van der Waals surface area contributed by atoms with Crippen molar-refractivity contribution in [3.8, 4) is 5.75 Å². The van der Waals surface area contributed by atoms with E-state index in [0.29, 0.717) is 6.42 Å². The maximum Gasteiger partial charge on any atom is 0.118 e. The number of nitrogens with zero attached hydrogens (tertiary/aromatic N) is 1. The van der Waals surface area contributed by atoms with Crippen molar-refractivity contribution in [3.63, 3.8) is 0 Å². The van der Waals surface area contributed by atoms with Crippen molar-refractivity contribution in [3.05, 3.63) is 59.4 Å². The van der Waals surface area contributed by atoms with Crippen LogP contribution in [-0.2, 0) is 12.0 Å². The molecule has 1 aromatic heterocycles. The van der Waals surface area contributed by atoms with Crippen LogP contribution in [0.2, 0.25) is 0 Å². The van der Waals surface area contributed by atoms with Crippen molar-refractivity contribution in [1.82, 2.24) is 4.98 Å². The molecule has 1 aliphatic rings. The van der Waals surface area contributed by atoms with Crippen LogP contribution in [0, 0.1) is 0 Å². The summed E-state index contributed by atoms with van der Waals surface area (Å²) in [6, 6.07) is 11.4. The number of aryl methyl sites for hydroxylation is 1. The van der Waals surface area contributed by atoms with Crippen LogP contribution >= 0.6 is 0 Å². The first-order chi connectivity index (χ1) is 8.74. The van der Waals surface area contributed by atoms with Gasteiger partial charge in [0.2, 0.25) is 0 Å². The first-order valence-electron chi connectivity index (χ1n) is 6.05. The number of fused-ring (bicyclic) bond motifs is 1. The van der Waals surface area contributed by atoms with Crippen LogP contribution in [0.4, 0.5) is 0 Å². The lowest BCUT2D eigenvalue weighted by Crippen LogP contribution is -2.23. The Labute approximate surface area is 106 Å². The SMILES string of the molecule is COc1ccc(C2(O)CCc3ncccc32)cc1. The monoisotopic (exact) mass is 241 g/mol. The normalized spacial score (nSPS) is 21.7. The van der Waals surface area contributed by atoms with Gasteiger partial charge in [-0.3, -0.25) is 4.98 Å². The molecule has 0 aliphatic heterocycles. The molecule has 92 valence electrons. The van der Waals surface area contributed by atoms with Crippen LogP contribution in [0.3, 0.4) is 0 Å². The number of aliphatic hydroxyl groups is 1. The summed E-state index contributed by atoms with van der Waals surface area (Å²) in [7, 11) is 1.64. The number of ether oxygens (including phenoxy) is 1. The van der Waals surface area contributed by atoms with Gasteiger partial charge in [-0.25, -0.2) is 0 Å². The first kappa shape index (κ1) is 11.2. The molecule has 0 bridgehead atoms. The number of hydrogen-bond acceptors (Lipinski definition) is 3. The zero-order chi connectivity index (χ0) is 12.6. The molecule has 1 aromatic carbocycles. The number of pyridine rings is 1. The van der Waals surface area contributed by atoms with E-state index in [2.05, 4.69) is 4.98 Å². The topological polar surface area (TPSA) is 42.4 Å². The maximum atomic E-state index is 10.9. The Balaban J connectivity index is 2.05. The largest absolute Gasteiger partial charge is 0.497 e.